The fourth-order valence-electron chi connectivity index (χ4n) is 2.66. The lowest BCUT2D eigenvalue weighted by Gasteiger charge is -2.34. The molecule has 1 aromatic rings. The zero-order valence-corrected chi connectivity index (χ0v) is 12.1. The van der Waals surface area contributed by atoms with Crippen LogP contribution in [0.2, 0.25) is 0 Å². The minimum absolute atomic E-state index is 0.215. The lowest BCUT2D eigenvalue weighted by atomic mass is 9.97. The number of amides is 1. The third-order valence-corrected chi connectivity index (χ3v) is 3.92. The quantitative estimate of drug-likeness (QED) is 0.902. The summed E-state index contributed by atoms with van der Waals surface area (Å²) in [5, 5.41) is 3.36. The smallest absolute Gasteiger partial charge is 0.243 e. The van der Waals surface area contributed by atoms with Gasteiger partial charge in [0.2, 0.25) is 5.91 Å². The Morgan fingerprint density at radius 2 is 2.05 bits per heavy atom. The predicted molar refractivity (Wildman–Crippen MR) is 77.8 cm³/mol. The number of hydrogen-bond acceptors (Lipinski definition) is 2. The molecular formula is C16H24N2O. The summed E-state index contributed by atoms with van der Waals surface area (Å²) in [4.78, 5) is 14.8. The average molecular weight is 260 g/mol. The number of carbonyl (C=O) groups is 1. The average Bonchev–Trinajstić information content (AvgIpc) is 2.84. The number of nitrogens with one attached hydrogen (secondary N) is 1. The topological polar surface area (TPSA) is 32.3 Å². The third-order valence-electron chi connectivity index (χ3n) is 3.92. The molecule has 1 fully saturated rings. The van der Waals surface area contributed by atoms with Crippen molar-refractivity contribution in [2.45, 2.75) is 51.7 Å². The largest absolute Gasteiger partial charge is 0.334 e. The van der Waals surface area contributed by atoms with Gasteiger partial charge in [0.15, 0.2) is 0 Å². The standard InChI is InChI=1S/C16H24N2O/c1-13(2)18(12-14-8-5-4-6-9-14)15(19)16(3)10-7-11-17-16/h4-6,8-9,13,17H,7,10-12H2,1-3H3. The molecule has 19 heavy (non-hydrogen) atoms. The molecule has 104 valence electrons. The molecule has 3 heteroatoms. The maximum absolute atomic E-state index is 12.8. The molecule has 1 amide bonds. The van der Waals surface area contributed by atoms with Gasteiger partial charge in [0, 0.05) is 12.6 Å². The molecule has 0 saturated carbocycles. The summed E-state index contributed by atoms with van der Waals surface area (Å²) in [5.41, 5.74) is 0.810. The second-order valence-electron chi connectivity index (χ2n) is 5.87. The molecular weight excluding hydrogens is 236 g/mol. The summed E-state index contributed by atoms with van der Waals surface area (Å²) in [7, 11) is 0. The van der Waals surface area contributed by atoms with Crippen molar-refractivity contribution in [3.05, 3.63) is 35.9 Å². The second kappa shape index (κ2) is 5.74. The van der Waals surface area contributed by atoms with Gasteiger partial charge in [-0.15, -0.1) is 0 Å². The Labute approximate surface area is 116 Å². The highest BCUT2D eigenvalue weighted by Crippen LogP contribution is 2.23. The highest BCUT2D eigenvalue weighted by Gasteiger charge is 2.39. The van der Waals surface area contributed by atoms with Gasteiger partial charge in [-0.1, -0.05) is 30.3 Å². The lowest BCUT2D eigenvalue weighted by molar-refractivity contribution is -0.139. The molecule has 1 aliphatic heterocycles. The Morgan fingerprint density at radius 3 is 2.58 bits per heavy atom. The molecule has 1 saturated heterocycles. The van der Waals surface area contributed by atoms with E-state index in [9.17, 15) is 4.79 Å². The van der Waals surface area contributed by atoms with Crippen LogP contribution in [-0.2, 0) is 11.3 Å². The van der Waals surface area contributed by atoms with Crippen LogP contribution in [-0.4, -0.2) is 28.9 Å². The molecule has 0 aromatic heterocycles. The molecule has 0 aliphatic carbocycles. The van der Waals surface area contributed by atoms with Gasteiger partial charge >= 0.3 is 0 Å². The van der Waals surface area contributed by atoms with Crippen molar-refractivity contribution in [2.75, 3.05) is 6.54 Å². The summed E-state index contributed by atoms with van der Waals surface area (Å²) >= 11 is 0. The molecule has 0 bridgehead atoms. The van der Waals surface area contributed by atoms with Gasteiger partial charge < -0.3 is 10.2 Å². The molecule has 3 nitrogen and oxygen atoms in total. The van der Waals surface area contributed by atoms with Gasteiger partial charge in [0.25, 0.3) is 0 Å². The van der Waals surface area contributed by atoms with E-state index >= 15 is 0 Å². The van der Waals surface area contributed by atoms with Gasteiger partial charge in [0.1, 0.15) is 0 Å². The van der Waals surface area contributed by atoms with Crippen LogP contribution in [0.5, 0.6) is 0 Å². The van der Waals surface area contributed by atoms with Gasteiger partial charge in [-0.2, -0.15) is 0 Å². The van der Waals surface area contributed by atoms with Crippen molar-refractivity contribution in [1.82, 2.24) is 10.2 Å². The van der Waals surface area contributed by atoms with Crippen LogP contribution in [0.1, 0.15) is 39.2 Å². The normalized spacial score (nSPS) is 22.7. The Balaban J connectivity index is 2.14. The van der Waals surface area contributed by atoms with E-state index in [1.54, 1.807) is 0 Å². The van der Waals surface area contributed by atoms with E-state index in [1.165, 1.54) is 5.56 Å². The monoisotopic (exact) mass is 260 g/mol. The highest BCUT2D eigenvalue weighted by atomic mass is 16.2. The molecule has 1 atom stereocenters. The molecule has 1 unspecified atom stereocenters. The summed E-state index contributed by atoms with van der Waals surface area (Å²) in [6.45, 7) is 7.83. The van der Waals surface area contributed by atoms with E-state index in [2.05, 4.69) is 31.3 Å². The van der Waals surface area contributed by atoms with Crippen LogP contribution in [0.15, 0.2) is 30.3 Å². The summed E-state index contributed by atoms with van der Waals surface area (Å²) in [5.74, 6) is 0.226. The van der Waals surface area contributed by atoms with Crippen LogP contribution < -0.4 is 5.32 Å². The first-order valence-corrected chi connectivity index (χ1v) is 7.13. The lowest BCUT2D eigenvalue weighted by Crippen LogP contribution is -2.54. The van der Waals surface area contributed by atoms with E-state index in [0.29, 0.717) is 6.54 Å². The minimum atomic E-state index is -0.376. The first-order valence-electron chi connectivity index (χ1n) is 7.13. The van der Waals surface area contributed by atoms with E-state index in [0.717, 1.165) is 19.4 Å². The van der Waals surface area contributed by atoms with Crippen molar-refractivity contribution in [3.63, 3.8) is 0 Å². The van der Waals surface area contributed by atoms with Crippen molar-refractivity contribution >= 4 is 5.91 Å². The van der Waals surface area contributed by atoms with Gasteiger partial charge in [-0.3, -0.25) is 4.79 Å². The SMILES string of the molecule is CC(C)N(Cc1ccccc1)C(=O)C1(C)CCCN1. The van der Waals surface area contributed by atoms with Crippen molar-refractivity contribution in [1.29, 1.82) is 0 Å². The third kappa shape index (κ3) is 3.16. The van der Waals surface area contributed by atoms with E-state index in [1.807, 2.05) is 30.0 Å². The van der Waals surface area contributed by atoms with Crippen LogP contribution >= 0.6 is 0 Å². The Bertz CT molecular complexity index is 422. The zero-order valence-electron chi connectivity index (χ0n) is 12.1. The molecule has 2 rings (SSSR count). The van der Waals surface area contributed by atoms with Crippen molar-refractivity contribution < 1.29 is 4.79 Å². The fraction of sp³-hybridized carbons (Fsp3) is 0.562. The fourth-order valence-corrected chi connectivity index (χ4v) is 2.66. The molecule has 1 aliphatic rings. The number of nitrogens with zero attached hydrogens (tertiary/aromatic N) is 1. The summed E-state index contributed by atoms with van der Waals surface area (Å²) < 4.78 is 0. The molecule has 1 aromatic carbocycles. The van der Waals surface area contributed by atoms with Crippen LogP contribution in [0.3, 0.4) is 0 Å². The van der Waals surface area contributed by atoms with Crippen molar-refractivity contribution in [3.8, 4) is 0 Å². The van der Waals surface area contributed by atoms with Gasteiger partial charge in [-0.05, 0) is 45.7 Å². The maximum atomic E-state index is 12.8. The minimum Gasteiger partial charge on any atom is -0.334 e. The number of hydrogen-bond donors (Lipinski definition) is 1. The summed E-state index contributed by atoms with van der Waals surface area (Å²) in [6.07, 6.45) is 2.02. The molecule has 0 spiro atoms. The zero-order chi connectivity index (χ0) is 13.9. The predicted octanol–water partition coefficient (Wildman–Crippen LogP) is 2.57. The number of benzene rings is 1. The van der Waals surface area contributed by atoms with Crippen LogP contribution in [0.25, 0.3) is 0 Å². The highest BCUT2D eigenvalue weighted by molar-refractivity contribution is 5.86. The maximum Gasteiger partial charge on any atom is 0.243 e. The first kappa shape index (κ1) is 14.1. The van der Waals surface area contributed by atoms with Gasteiger partial charge in [0.05, 0.1) is 5.54 Å². The Morgan fingerprint density at radius 1 is 1.37 bits per heavy atom. The van der Waals surface area contributed by atoms with Crippen LogP contribution in [0, 0.1) is 0 Å². The second-order valence-corrected chi connectivity index (χ2v) is 5.87. The first-order chi connectivity index (χ1) is 9.03. The Hall–Kier alpha value is -1.35. The van der Waals surface area contributed by atoms with E-state index in [4.69, 9.17) is 0 Å². The van der Waals surface area contributed by atoms with Crippen molar-refractivity contribution in [2.24, 2.45) is 0 Å². The Kier molecular flexibility index (Phi) is 4.25. The molecule has 1 heterocycles. The molecule has 0 radical (unpaired) electrons. The summed E-state index contributed by atoms with van der Waals surface area (Å²) in [6, 6.07) is 10.4. The van der Waals surface area contributed by atoms with E-state index in [-0.39, 0.29) is 17.5 Å². The van der Waals surface area contributed by atoms with E-state index < -0.39 is 0 Å². The number of rotatable bonds is 4. The van der Waals surface area contributed by atoms with Gasteiger partial charge in [-0.25, -0.2) is 0 Å². The van der Waals surface area contributed by atoms with Crippen LogP contribution in [0.4, 0.5) is 0 Å². The molecule has 1 N–H and O–H groups in total. The number of carbonyl (C=O) groups excluding carboxylic acids is 1.